The molecule has 1 amide bonds. The first-order valence-corrected chi connectivity index (χ1v) is 8.87. The van der Waals surface area contributed by atoms with Crippen molar-refractivity contribution in [1.29, 1.82) is 0 Å². The summed E-state index contributed by atoms with van der Waals surface area (Å²) < 4.78 is 38.8. The Bertz CT molecular complexity index is 857. The van der Waals surface area contributed by atoms with Crippen molar-refractivity contribution >= 4 is 23.2 Å². The molecule has 28 heavy (non-hydrogen) atoms. The third-order valence-corrected chi connectivity index (χ3v) is 4.61. The zero-order valence-electron chi connectivity index (χ0n) is 15.0. The molecule has 1 fully saturated rings. The molecule has 6 N–H and O–H groups in total. The quantitative estimate of drug-likeness (QED) is 0.619. The second-order valence-corrected chi connectivity index (χ2v) is 6.72. The van der Waals surface area contributed by atoms with Gasteiger partial charge in [-0.2, -0.15) is 13.2 Å². The van der Waals surface area contributed by atoms with E-state index >= 15 is 0 Å². The summed E-state index contributed by atoms with van der Waals surface area (Å²) in [4.78, 5) is 19.9. The third kappa shape index (κ3) is 4.69. The lowest BCUT2D eigenvalue weighted by atomic mass is 9.91. The van der Waals surface area contributed by atoms with Crippen molar-refractivity contribution in [1.82, 2.24) is 9.97 Å². The summed E-state index contributed by atoms with van der Waals surface area (Å²) in [6, 6.07) is 4.53. The van der Waals surface area contributed by atoms with Crippen LogP contribution in [-0.2, 0) is 6.18 Å². The van der Waals surface area contributed by atoms with E-state index in [-0.39, 0.29) is 29.3 Å². The minimum absolute atomic E-state index is 0.00360. The molecule has 0 radical (unpaired) electrons. The molecule has 1 saturated carbocycles. The molecule has 2 atom stereocenters. The maximum absolute atomic E-state index is 12.9. The van der Waals surface area contributed by atoms with E-state index in [1.807, 2.05) is 0 Å². The number of hydrogen-bond donors (Lipinski definition) is 4. The lowest BCUT2D eigenvalue weighted by Crippen LogP contribution is -2.42. The molecule has 7 nitrogen and oxygen atoms in total. The van der Waals surface area contributed by atoms with Gasteiger partial charge in [0.2, 0.25) is 0 Å². The number of halogens is 3. The minimum atomic E-state index is -4.49. The molecule has 2 aromatic rings. The molecule has 1 aromatic carbocycles. The van der Waals surface area contributed by atoms with E-state index in [1.54, 1.807) is 0 Å². The Labute approximate surface area is 159 Å². The molecule has 0 saturated heterocycles. The predicted octanol–water partition coefficient (Wildman–Crippen LogP) is 3.02. The van der Waals surface area contributed by atoms with Gasteiger partial charge in [0, 0.05) is 17.8 Å². The molecule has 150 valence electrons. The summed E-state index contributed by atoms with van der Waals surface area (Å²) in [6.45, 7) is 0. The van der Waals surface area contributed by atoms with E-state index in [4.69, 9.17) is 11.5 Å². The normalized spacial score (nSPS) is 19.9. The first-order chi connectivity index (χ1) is 13.2. The van der Waals surface area contributed by atoms with E-state index < -0.39 is 17.6 Å². The van der Waals surface area contributed by atoms with E-state index in [0.717, 1.165) is 37.8 Å². The Balaban J connectivity index is 1.87. The number of carbonyl (C=O) groups excluding carboxylic acids is 1. The molecule has 3 rings (SSSR count). The van der Waals surface area contributed by atoms with Crippen molar-refractivity contribution in [3.05, 3.63) is 41.7 Å². The Morgan fingerprint density at radius 3 is 2.64 bits per heavy atom. The smallest absolute Gasteiger partial charge is 0.364 e. The zero-order chi connectivity index (χ0) is 20.3. The zero-order valence-corrected chi connectivity index (χ0v) is 15.0. The first kappa shape index (κ1) is 19.9. The predicted molar refractivity (Wildman–Crippen MR) is 99.1 cm³/mol. The number of nitrogens with one attached hydrogen (secondary N) is 2. The number of alkyl halides is 3. The standard InChI is InChI=1S/C18H21F3N6O/c19-18(20,21)10-4-3-5-11(8-10)25-17-15(16(23)28)24-9-14(27-17)26-13-7-2-1-6-12(13)22/h3-5,8-9,12-13H,1-2,6-7,22H2,(H2,23,28)(H2,25,26,27)/t12-,13+/m0/s1. The van der Waals surface area contributed by atoms with Crippen LogP contribution in [-0.4, -0.2) is 28.0 Å². The van der Waals surface area contributed by atoms with Gasteiger partial charge in [-0.1, -0.05) is 18.9 Å². The van der Waals surface area contributed by atoms with Gasteiger partial charge in [0.05, 0.1) is 11.8 Å². The summed E-state index contributed by atoms with van der Waals surface area (Å²) in [5, 5.41) is 5.90. The highest BCUT2D eigenvalue weighted by Crippen LogP contribution is 2.31. The van der Waals surface area contributed by atoms with Crippen LogP contribution < -0.4 is 22.1 Å². The molecule has 0 unspecified atom stereocenters. The fourth-order valence-electron chi connectivity index (χ4n) is 3.16. The van der Waals surface area contributed by atoms with Gasteiger partial charge in [0.15, 0.2) is 11.5 Å². The Morgan fingerprint density at radius 1 is 1.21 bits per heavy atom. The molecule has 1 aliphatic carbocycles. The molecule has 10 heteroatoms. The molecule has 0 aliphatic heterocycles. The van der Waals surface area contributed by atoms with Crippen LogP contribution in [0.2, 0.25) is 0 Å². The van der Waals surface area contributed by atoms with Crippen molar-refractivity contribution in [3.8, 4) is 0 Å². The average molecular weight is 394 g/mol. The number of carbonyl (C=O) groups is 1. The molecule has 1 heterocycles. The van der Waals surface area contributed by atoms with Gasteiger partial charge in [-0.3, -0.25) is 4.79 Å². The van der Waals surface area contributed by atoms with Crippen molar-refractivity contribution in [2.45, 2.75) is 43.9 Å². The summed E-state index contributed by atoms with van der Waals surface area (Å²) in [6.07, 6.45) is 0.729. The number of aromatic nitrogens is 2. The van der Waals surface area contributed by atoms with Gasteiger partial charge in [0.1, 0.15) is 5.82 Å². The van der Waals surface area contributed by atoms with Crippen LogP contribution in [0.1, 0.15) is 41.7 Å². The number of nitrogens with zero attached hydrogens (tertiary/aromatic N) is 2. The van der Waals surface area contributed by atoms with Gasteiger partial charge >= 0.3 is 6.18 Å². The van der Waals surface area contributed by atoms with Crippen molar-refractivity contribution in [2.75, 3.05) is 10.6 Å². The second-order valence-electron chi connectivity index (χ2n) is 6.72. The first-order valence-electron chi connectivity index (χ1n) is 8.87. The van der Waals surface area contributed by atoms with E-state index in [0.29, 0.717) is 5.82 Å². The molecule has 1 aromatic heterocycles. The van der Waals surface area contributed by atoms with E-state index in [9.17, 15) is 18.0 Å². The van der Waals surface area contributed by atoms with Crippen LogP contribution >= 0.6 is 0 Å². The summed E-state index contributed by atoms with van der Waals surface area (Å²) >= 11 is 0. The fraction of sp³-hybridized carbons (Fsp3) is 0.389. The van der Waals surface area contributed by atoms with Crippen molar-refractivity contribution in [3.63, 3.8) is 0 Å². The molecular weight excluding hydrogens is 373 g/mol. The van der Waals surface area contributed by atoms with E-state index in [2.05, 4.69) is 20.6 Å². The van der Waals surface area contributed by atoms with E-state index in [1.165, 1.54) is 18.3 Å². The highest BCUT2D eigenvalue weighted by Gasteiger charge is 2.30. The lowest BCUT2D eigenvalue weighted by molar-refractivity contribution is -0.137. The highest BCUT2D eigenvalue weighted by molar-refractivity contribution is 5.96. The molecule has 0 bridgehead atoms. The average Bonchev–Trinajstić information content (AvgIpc) is 2.63. The van der Waals surface area contributed by atoms with Gasteiger partial charge in [-0.25, -0.2) is 9.97 Å². The van der Waals surface area contributed by atoms with Gasteiger partial charge in [0.25, 0.3) is 5.91 Å². The van der Waals surface area contributed by atoms with Crippen molar-refractivity contribution < 1.29 is 18.0 Å². The number of nitrogens with two attached hydrogens (primary N) is 2. The van der Waals surface area contributed by atoms with Crippen LogP contribution in [0.4, 0.5) is 30.5 Å². The number of amides is 1. The summed E-state index contributed by atoms with van der Waals surface area (Å²) in [5.74, 6) is -0.508. The lowest BCUT2D eigenvalue weighted by Gasteiger charge is -2.29. The number of primary amides is 1. The summed E-state index contributed by atoms with van der Waals surface area (Å²) in [7, 11) is 0. The second kappa shape index (κ2) is 8.01. The SMILES string of the molecule is NC(=O)c1ncc(N[C@@H]2CCCC[C@@H]2N)nc1Nc1cccc(C(F)(F)F)c1. The number of rotatable bonds is 5. The van der Waals surface area contributed by atoms with Gasteiger partial charge in [-0.05, 0) is 31.0 Å². The van der Waals surface area contributed by atoms with Crippen LogP contribution in [0.5, 0.6) is 0 Å². The largest absolute Gasteiger partial charge is 0.416 e. The van der Waals surface area contributed by atoms with Crippen molar-refractivity contribution in [2.24, 2.45) is 11.5 Å². The monoisotopic (exact) mass is 394 g/mol. The van der Waals surface area contributed by atoms with Gasteiger partial charge < -0.3 is 22.1 Å². The Hall–Kier alpha value is -2.88. The fourth-order valence-corrected chi connectivity index (χ4v) is 3.16. The summed E-state index contributed by atoms with van der Waals surface area (Å²) in [5.41, 5.74) is 10.6. The third-order valence-electron chi connectivity index (χ3n) is 4.61. The van der Waals surface area contributed by atoms with Crippen LogP contribution in [0.25, 0.3) is 0 Å². The van der Waals surface area contributed by atoms with Gasteiger partial charge in [-0.15, -0.1) is 0 Å². The highest BCUT2D eigenvalue weighted by atomic mass is 19.4. The maximum Gasteiger partial charge on any atom is 0.416 e. The molecular formula is C18H21F3N6O. The Kier molecular flexibility index (Phi) is 5.68. The Morgan fingerprint density at radius 2 is 1.96 bits per heavy atom. The van der Waals surface area contributed by atoms with Crippen LogP contribution in [0.15, 0.2) is 30.5 Å². The number of hydrogen-bond acceptors (Lipinski definition) is 6. The topological polar surface area (TPSA) is 119 Å². The number of anilines is 3. The maximum atomic E-state index is 12.9. The minimum Gasteiger partial charge on any atom is -0.364 e. The number of benzene rings is 1. The van der Waals surface area contributed by atoms with Crippen LogP contribution in [0.3, 0.4) is 0 Å². The van der Waals surface area contributed by atoms with Crippen LogP contribution in [0, 0.1) is 0 Å². The molecule has 1 aliphatic rings. The molecule has 0 spiro atoms.